The fourth-order valence-corrected chi connectivity index (χ4v) is 10.3. The molecule has 3 aromatic rings. The van der Waals surface area contributed by atoms with Crippen molar-refractivity contribution < 1.29 is 33.4 Å². The second-order valence-electron chi connectivity index (χ2n) is 17.0. The number of rotatable bonds is 10. The predicted molar refractivity (Wildman–Crippen MR) is 225 cm³/mol. The fraction of sp³-hybridized carbons (Fsp3) is 0.500. The second kappa shape index (κ2) is 16.2. The first-order valence-corrected chi connectivity index (χ1v) is 21.2. The zero-order chi connectivity index (χ0) is 42.7. The van der Waals surface area contributed by atoms with E-state index in [0.717, 1.165) is 103 Å². The number of urea groups is 1. The summed E-state index contributed by atoms with van der Waals surface area (Å²) in [5.74, 6) is -0.498. The molecule has 7 heterocycles. The maximum Gasteiger partial charge on any atom is 0.317 e. The van der Waals surface area contributed by atoms with Crippen LogP contribution in [0.4, 0.5) is 10.5 Å². The molecule has 6 aliphatic rings. The Kier molecular flexibility index (Phi) is 10.8. The van der Waals surface area contributed by atoms with Gasteiger partial charge < -0.3 is 29.2 Å². The van der Waals surface area contributed by atoms with Crippen LogP contribution in [0.1, 0.15) is 56.7 Å². The Morgan fingerprint density at radius 2 is 1.54 bits per heavy atom. The van der Waals surface area contributed by atoms with Crippen LogP contribution >= 0.6 is 0 Å². The normalized spacial score (nSPS) is 23.1. The summed E-state index contributed by atoms with van der Waals surface area (Å²) < 4.78 is 13.6. The lowest BCUT2D eigenvalue weighted by Gasteiger charge is -2.38. The van der Waals surface area contributed by atoms with E-state index in [2.05, 4.69) is 30.2 Å². The lowest BCUT2D eigenvalue weighted by molar-refractivity contribution is -0.136. The molecule has 4 saturated heterocycles. The van der Waals surface area contributed by atoms with Crippen molar-refractivity contribution in [1.29, 1.82) is 0 Å². The third-order valence-corrected chi connectivity index (χ3v) is 13.7. The van der Waals surface area contributed by atoms with Gasteiger partial charge in [-0.2, -0.15) is 0 Å². The minimum Gasteiger partial charge on any atom is -0.496 e. The van der Waals surface area contributed by atoms with Crippen molar-refractivity contribution in [2.75, 3.05) is 85.1 Å². The largest absolute Gasteiger partial charge is 0.496 e. The lowest BCUT2D eigenvalue weighted by Crippen LogP contribution is -2.54. The molecule has 4 fully saturated rings. The number of aromatic nitrogens is 1. The number of imide groups is 2. The maximum absolute atomic E-state index is 13.4. The molecule has 6 aliphatic heterocycles. The highest BCUT2D eigenvalue weighted by Crippen LogP contribution is 2.40. The molecule has 61 heavy (non-hydrogen) atoms. The van der Waals surface area contributed by atoms with Gasteiger partial charge in [0.25, 0.3) is 17.4 Å². The van der Waals surface area contributed by atoms with Crippen LogP contribution in [-0.2, 0) is 36.1 Å². The van der Waals surface area contributed by atoms with Crippen molar-refractivity contribution >= 4 is 35.3 Å². The summed E-state index contributed by atoms with van der Waals surface area (Å²) in [7, 11) is 6.69. The van der Waals surface area contributed by atoms with Crippen LogP contribution in [-0.4, -0.2) is 157 Å². The topological polar surface area (TPSA) is 169 Å². The number of carbonyl (C=O) groups excluding carboxylic acids is 5. The van der Waals surface area contributed by atoms with Gasteiger partial charge in [0.2, 0.25) is 11.8 Å². The second-order valence-corrected chi connectivity index (χ2v) is 17.0. The van der Waals surface area contributed by atoms with Gasteiger partial charge in [-0.15, -0.1) is 0 Å². The van der Waals surface area contributed by atoms with E-state index < -0.39 is 29.7 Å². The number of aryl methyl sites for hydroxylation is 1. The molecule has 3 atom stereocenters. The molecule has 3 unspecified atom stereocenters. The SMILES string of the molecule is CNC(=O)N1CCc2c(-c3cc(OC)c(CN4CCN(CCN5CC6CC5CN6c5ccc6c(c5)C(=O)N(C5CCC(=O)NC5=O)C6=O)CC4)c(OC)c3)cn(C)c(=O)c2C1. The third-order valence-electron chi connectivity index (χ3n) is 13.7. The number of fused-ring (bicyclic) bond motifs is 4. The quantitative estimate of drug-likeness (QED) is 0.281. The molecule has 0 spiro atoms. The summed E-state index contributed by atoms with van der Waals surface area (Å²) in [5, 5.41) is 4.93. The number of hydrogen-bond acceptors (Lipinski definition) is 12. The average Bonchev–Trinajstić information content (AvgIpc) is 3.95. The molecule has 2 bridgehead atoms. The predicted octanol–water partition coefficient (Wildman–Crippen LogP) is 1.25. The van der Waals surface area contributed by atoms with Crippen molar-refractivity contribution in [3.05, 3.63) is 74.7 Å². The minimum absolute atomic E-state index is 0.0911. The number of nitrogens with zero attached hydrogens (tertiary/aromatic N) is 7. The number of hydrogen-bond donors (Lipinski definition) is 2. The van der Waals surface area contributed by atoms with E-state index in [1.165, 1.54) is 0 Å². The first-order chi connectivity index (χ1) is 29.5. The number of piperazine rings is 2. The minimum atomic E-state index is -0.976. The van der Waals surface area contributed by atoms with E-state index in [0.29, 0.717) is 48.3 Å². The Morgan fingerprint density at radius 1 is 0.820 bits per heavy atom. The monoisotopic (exact) mass is 835 g/mol. The van der Waals surface area contributed by atoms with Gasteiger partial charge in [-0.1, -0.05) is 0 Å². The number of anilines is 1. The molecule has 322 valence electrons. The molecular formula is C44H53N9O8. The van der Waals surface area contributed by atoms with E-state index in [1.54, 1.807) is 49.9 Å². The number of benzene rings is 2. The first-order valence-electron chi connectivity index (χ1n) is 21.2. The molecule has 2 aromatic carbocycles. The summed E-state index contributed by atoms with van der Waals surface area (Å²) in [6.07, 6.45) is 3.71. The number of ether oxygens (including phenoxy) is 2. The molecule has 17 heteroatoms. The molecule has 6 amide bonds. The highest BCUT2D eigenvalue weighted by atomic mass is 16.5. The Labute approximate surface area is 354 Å². The van der Waals surface area contributed by atoms with E-state index in [-0.39, 0.29) is 31.0 Å². The molecule has 1 aromatic heterocycles. The fourth-order valence-electron chi connectivity index (χ4n) is 10.3. The van der Waals surface area contributed by atoms with Crippen LogP contribution in [0.15, 0.2) is 41.3 Å². The molecular weight excluding hydrogens is 783 g/mol. The first kappa shape index (κ1) is 40.6. The highest BCUT2D eigenvalue weighted by molar-refractivity contribution is 6.23. The molecule has 0 aliphatic carbocycles. The van der Waals surface area contributed by atoms with E-state index >= 15 is 0 Å². The summed E-state index contributed by atoms with van der Waals surface area (Å²) in [4.78, 5) is 89.0. The Bertz CT molecular complexity index is 2350. The van der Waals surface area contributed by atoms with Crippen LogP contribution in [0.5, 0.6) is 11.5 Å². The summed E-state index contributed by atoms with van der Waals surface area (Å²) in [6, 6.07) is 9.03. The van der Waals surface area contributed by atoms with E-state index in [1.807, 2.05) is 24.4 Å². The van der Waals surface area contributed by atoms with Crippen molar-refractivity contribution in [2.24, 2.45) is 7.05 Å². The van der Waals surface area contributed by atoms with Gasteiger partial charge in [-0.25, -0.2) is 4.79 Å². The Morgan fingerprint density at radius 3 is 2.21 bits per heavy atom. The van der Waals surface area contributed by atoms with Gasteiger partial charge in [0, 0.05) is 121 Å². The van der Waals surface area contributed by atoms with Crippen molar-refractivity contribution in [2.45, 2.75) is 56.9 Å². The van der Waals surface area contributed by atoms with Gasteiger partial charge in [0.05, 0.1) is 37.5 Å². The number of carbonyl (C=O) groups is 5. The zero-order valence-electron chi connectivity index (χ0n) is 35.2. The molecule has 0 saturated carbocycles. The van der Waals surface area contributed by atoms with Gasteiger partial charge in [0.15, 0.2) is 0 Å². The molecule has 9 rings (SSSR count). The van der Waals surface area contributed by atoms with Crippen molar-refractivity contribution in [1.82, 2.24) is 39.7 Å². The van der Waals surface area contributed by atoms with E-state index in [9.17, 15) is 28.8 Å². The summed E-state index contributed by atoms with van der Waals surface area (Å²) in [6.45, 7) is 8.91. The van der Waals surface area contributed by atoms with E-state index in [4.69, 9.17) is 9.47 Å². The van der Waals surface area contributed by atoms with Crippen LogP contribution in [0, 0.1) is 0 Å². The molecule has 2 N–H and O–H groups in total. The van der Waals surface area contributed by atoms with Crippen molar-refractivity contribution in [3.8, 4) is 22.6 Å². The number of nitrogens with one attached hydrogen (secondary N) is 2. The Balaban J connectivity index is 0.792. The number of likely N-dealkylation sites (tertiary alicyclic amines) is 1. The number of methoxy groups -OCH3 is 2. The van der Waals surface area contributed by atoms with Crippen LogP contribution in [0.2, 0.25) is 0 Å². The standard InChI is InChI=1S/C44H53N9O8/c1-45-44(59)51-10-9-30-33(23-47(2)41(56)34(30)25-51)26-17-37(60-3)35(38(18-26)61-4)24-49-13-11-48(12-14-49)15-16-50-21-29-19-28(50)22-52(29)27-5-6-31-32(20-27)43(58)53(42(31)57)36-7-8-39(54)46-40(36)55/h5-6,17-18,20,23,28-29,36H,7-16,19,21-22,24-25H2,1-4H3,(H,45,59)(H,46,54,55). The zero-order valence-corrected chi connectivity index (χ0v) is 35.2. The molecule has 0 radical (unpaired) electrons. The summed E-state index contributed by atoms with van der Waals surface area (Å²) in [5.41, 5.74) is 5.83. The van der Waals surface area contributed by atoms with Crippen LogP contribution < -0.4 is 30.6 Å². The maximum atomic E-state index is 13.4. The van der Waals surface area contributed by atoms with Gasteiger partial charge in [-0.3, -0.25) is 48.9 Å². The number of pyridine rings is 1. The third kappa shape index (κ3) is 7.31. The number of piperidine rings is 1. The average molecular weight is 836 g/mol. The highest BCUT2D eigenvalue weighted by Gasteiger charge is 2.47. The van der Waals surface area contributed by atoms with Crippen LogP contribution in [0.25, 0.3) is 11.1 Å². The number of amides is 6. The van der Waals surface area contributed by atoms with Gasteiger partial charge in [0.1, 0.15) is 17.5 Å². The van der Waals surface area contributed by atoms with Crippen LogP contribution in [0.3, 0.4) is 0 Å². The van der Waals surface area contributed by atoms with Gasteiger partial charge in [-0.05, 0) is 60.7 Å². The Hall–Kier alpha value is -5.78. The molecule has 17 nitrogen and oxygen atoms in total. The smallest absolute Gasteiger partial charge is 0.317 e. The van der Waals surface area contributed by atoms with Crippen molar-refractivity contribution in [3.63, 3.8) is 0 Å². The van der Waals surface area contributed by atoms with Gasteiger partial charge >= 0.3 is 6.03 Å². The summed E-state index contributed by atoms with van der Waals surface area (Å²) >= 11 is 0. The lowest BCUT2D eigenvalue weighted by atomic mass is 9.91.